The molecule has 3 aromatic rings. The first-order valence-corrected chi connectivity index (χ1v) is 14.3. The molecular formula is C33H41N3O2. The minimum atomic E-state index is 0.0522. The zero-order valence-electron chi connectivity index (χ0n) is 22.7. The zero-order valence-corrected chi connectivity index (χ0v) is 22.7. The van der Waals surface area contributed by atoms with Gasteiger partial charge in [-0.1, -0.05) is 67.4 Å². The number of hydrogen-bond acceptors (Lipinski definition) is 4. The summed E-state index contributed by atoms with van der Waals surface area (Å²) in [5.74, 6) is 0.767. The maximum Gasteiger partial charge on any atom is 0.258 e. The predicted molar refractivity (Wildman–Crippen MR) is 155 cm³/mol. The molecular weight excluding hydrogens is 470 g/mol. The third kappa shape index (κ3) is 6.64. The number of nitrogens with zero attached hydrogens (tertiary/aromatic N) is 3. The van der Waals surface area contributed by atoms with Gasteiger partial charge in [-0.2, -0.15) is 0 Å². The Kier molecular flexibility index (Phi) is 9.11. The zero-order chi connectivity index (χ0) is 26.2. The average Bonchev–Trinajstić information content (AvgIpc) is 3.01. The highest BCUT2D eigenvalue weighted by molar-refractivity contribution is 6.06. The van der Waals surface area contributed by atoms with Crippen molar-refractivity contribution < 1.29 is 9.53 Å². The van der Waals surface area contributed by atoms with Gasteiger partial charge in [0.05, 0.1) is 7.11 Å². The standard InChI is InChI=1S/C33H41N3O2/c1-38-31-16-11-15-28(24-31)33(37)36-21-10-3-2-9-20-35(26-29-14-7-8-17-32(29)36)30-18-22-34(23-19-30)25-27-12-5-4-6-13-27/h4-8,11-17,24,30H,2-3,9-10,18-23,25-26H2,1H3. The van der Waals surface area contributed by atoms with Gasteiger partial charge in [0.2, 0.25) is 0 Å². The van der Waals surface area contributed by atoms with Gasteiger partial charge in [0.15, 0.2) is 0 Å². The average molecular weight is 512 g/mol. The van der Waals surface area contributed by atoms with Crippen LogP contribution in [-0.4, -0.2) is 55.0 Å². The van der Waals surface area contributed by atoms with Crippen LogP contribution in [-0.2, 0) is 13.1 Å². The van der Waals surface area contributed by atoms with Gasteiger partial charge in [-0.25, -0.2) is 0 Å². The quantitative estimate of drug-likeness (QED) is 0.398. The number of benzene rings is 3. The van der Waals surface area contributed by atoms with E-state index in [4.69, 9.17) is 4.74 Å². The van der Waals surface area contributed by atoms with E-state index >= 15 is 0 Å². The van der Waals surface area contributed by atoms with E-state index in [0.717, 1.165) is 57.8 Å². The fraction of sp³-hybridized carbons (Fsp3) is 0.424. The lowest BCUT2D eigenvalue weighted by Gasteiger charge is -2.39. The second kappa shape index (κ2) is 13.1. The number of fused-ring (bicyclic) bond motifs is 1. The van der Waals surface area contributed by atoms with Crippen LogP contribution in [0, 0.1) is 0 Å². The van der Waals surface area contributed by atoms with Crippen LogP contribution in [0.5, 0.6) is 5.75 Å². The van der Waals surface area contributed by atoms with Crippen molar-refractivity contribution in [2.75, 3.05) is 38.2 Å². The number of likely N-dealkylation sites (tertiary alicyclic amines) is 1. The number of carbonyl (C=O) groups excluding carboxylic acids is 1. The van der Waals surface area contributed by atoms with Gasteiger partial charge in [0.25, 0.3) is 5.91 Å². The number of hydrogen-bond donors (Lipinski definition) is 0. The van der Waals surface area contributed by atoms with Crippen LogP contribution in [0.1, 0.15) is 60.0 Å². The molecule has 2 aliphatic rings. The fourth-order valence-corrected chi connectivity index (χ4v) is 5.98. The Morgan fingerprint density at radius 2 is 1.55 bits per heavy atom. The largest absolute Gasteiger partial charge is 0.497 e. The van der Waals surface area contributed by atoms with Crippen LogP contribution in [0.25, 0.3) is 0 Å². The van der Waals surface area contributed by atoms with Gasteiger partial charge >= 0.3 is 0 Å². The van der Waals surface area contributed by atoms with Crippen LogP contribution in [0.15, 0.2) is 78.9 Å². The highest BCUT2D eigenvalue weighted by Crippen LogP contribution is 2.29. The van der Waals surface area contributed by atoms with E-state index in [1.807, 2.05) is 29.2 Å². The molecule has 5 rings (SSSR count). The van der Waals surface area contributed by atoms with Crippen LogP contribution in [0.3, 0.4) is 0 Å². The number of para-hydroxylation sites is 1. The third-order valence-electron chi connectivity index (χ3n) is 8.12. The first-order valence-electron chi connectivity index (χ1n) is 14.3. The summed E-state index contributed by atoms with van der Waals surface area (Å²) >= 11 is 0. The lowest BCUT2D eigenvalue weighted by atomic mass is 10.0. The molecule has 0 atom stereocenters. The normalized spacial score (nSPS) is 18.4. The monoisotopic (exact) mass is 511 g/mol. The molecule has 2 aliphatic heterocycles. The number of carbonyl (C=O) groups is 1. The number of ether oxygens (including phenoxy) is 1. The summed E-state index contributed by atoms with van der Waals surface area (Å²) in [7, 11) is 1.65. The number of anilines is 1. The fourth-order valence-electron chi connectivity index (χ4n) is 5.98. The molecule has 0 radical (unpaired) electrons. The topological polar surface area (TPSA) is 36.0 Å². The van der Waals surface area contributed by atoms with E-state index in [-0.39, 0.29) is 5.91 Å². The van der Waals surface area contributed by atoms with Gasteiger partial charge in [-0.3, -0.25) is 14.6 Å². The lowest BCUT2D eigenvalue weighted by Crippen LogP contribution is -2.45. The number of amides is 1. The predicted octanol–water partition coefficient (Wildman–Crippen LogP) is 6.38. The van der Waals surface area contributed by atoms with Crippen molar-refractivity contribution in [2.24, 2.45) is 0 Å². The molecule has 5 nitrogen and oxygen atoms in total. The molecule has 1 fully saturated rings. The van der Waals surface area contributed by atoms with E-state index in [9.17, 15) is 4.79 Å². The van der Waals surface area contributed by atoms with Crippen LogP contribution >= 0.6 is 0 Å². The molecule has 1 amide bonds. The maximum absolute atomic E-state index is 13.8. The number of methoxy groups -OCH3 is 1. The third-order valence-corrected chi connectivity index (χ3v) is 8.12. The molecule has 0 bridgehead atoms. The lowest BCUT2D eigenvalue weighted by molar-refractivity contribution is 0.0969. The van der Waals surface area contributed by atoms with E-state index in [0.29, 0.717) is 17.4 Å². The minimum absolute atomic E-state index is 0.0522. The van der Waals surface area contributed by atoms with Crippen molar-refractivity contribution in [3.63, 3.8) is 0 Å². The molecule has 3 aromatic carbocycles. The Hall–Kier alpha value is -3.15. The molecule has 1 saturated heterocycles. The van der Waals surface area contributed by atoms with E-state index in [2.05, 4.69) is 64.4 Å². The van der Waals surface area contributed by atoms with Crippen molar-refractivity contribution in [1.29, 1.82) is 0 Å². The van der Waals surface area contributed by atoms with Gasteiger partial charge < -0.3 is 9.64 Å². The molecule has 0 aliphatic carbocycles. The second-order valence-electron chi connectivity index (χ2n) is 10.7. The summed E-state index contributed by atoms with van der Waals surface area (Å²) in [6.07, 6.45) is 6.98. The summed E-state index contributed by atoms with van der Waals surface area (Å²) in [6, 6.07) is 27.5. The van der Waals surface area contributed by atoms with E-state index < -0.39 is 0 Å². The highest BCUT2D eigenvalue weighted by atomic mass is 16.5. The molecule has 0 aromatic heterocycles. The number of rotatable bonds is 5. The Bertz CT molecular complexity index is 1170. The van der Waals surface area contributed by atoms with Crippen molar-refractivity contribution >= 4 is 11.6 Å². The maximum atomic E-state index is 13.8. The Morgan fingerprint density at radius 1 is 0.816 bits per heavy atom. The van der Waals surface area contributed by atoms with Crippen molar-refractivity contribution in [1.82, 2.24) is 9.80 Å². The number of piperidine rings is 1. The molecule has 38 heavy (non-hydrogen) atoms. The molecule has 0 spiro atoms. The smallest absolute Gasteiger partial charge is 0.258 e. The van der Waals surface area contributed by atoms with Gasteiger partial charge in [-0.15, -0.1) is 0 Å². The van der Waals surface area contributed by atoms with Gasteiger partial charge in [0, 0.05) is 36.9 Å². The summed E-state index contributed by atoms with van der Waals surface area (Å²) in [6.45, 7) is 6.07. The van der Waals surface area contributed by atoms with E-state index in [1.165, 1.54) is 36.8 Å². The van der Waals surface area contributed by atoms with E-state index in [1.54, 1.807) is 7.11 Å². The Morgan fingerprint density at radius 3 is 2.34 bits per heavy atom. The summed E-state index contributed by atoms with van der Waals surface area (Å²) < 4.78 is 5.40. The second-order valence-corrected chi connectivity index (χ2v) is 10.7. The van der Waals surface area contributed by atoms with Crippen molar-refractivity contribution in [3.8, 4) is 5.75 Å². The van der Waals surface area contributed by atoms with Gasteiger partial charge in [-0.05, 0) is 80.7 Å². The van der Waals surface area contributed by atoms with Crippen molar-refractivity contribution in [3.05, 3.63) is 95.6 Å². The molecule has 0 N–H and O–H groups in total. The summed E-state index contributed by atoms with van der Waals surface area (Å²) in [4.78, 5) is 21.1. The summed E-state index contributed by atoms with van der Waals surface area (Å²) in [5, 5.41) is 0. The highest BCUT2D eigenvalue weighted by Gasteiger charge is 2.27. The van der Waals surface area contributed by atoms with Crippen LogP contribution in [0.4, 0.5) is 5.69 Å². The Labute approximate surface area is 228 Å². The SMILES string of the molecule is COc1cccc(C(=O)N2CCCCCCN(C3CCN(Cc4ccccc4)CC3)Cc3ccccc32)c1. The van der Waals surface area contributed by atoms with Crippen LogP contribution in [0.2, 0.25) is 0 Å². The van der Waals surface area contributed by atoms with Crippen LogP contribution < -0.4 is 9.64 Å². The molecule has 0 unspecified atom stereocenters. The van der Waals surface area contributed by atoms with Crippen molar-refractivity contribution in [2.45, 2.75) is 57.7 Å². The molecule has 5 heteroatoms. The molecule has 200 valence electrons. The Balaban J connectivity index is 1.33. The summed E-state index contributed by atoms with van der Waals surface area (Å²) in [5.41, 5.74) is 4.37. The minimum Gasteiger partial charge on any atom is -0.497 e. The molecule has 2 heterocycles. The molecule has 0 saturated carbocycles. The first-order chi connectivity index (χ1) is 18.7. The van der Waals surface area contributed by atoms with Gasteiger partial charge in [0.1, 0.15) is 5.75 Å². The first kappa shape index (κ1) is 26.5.